The van der Waals surface area contributed by atoms with Gasteiger partial charge in [0.05, 0.1) is 17.6 Å². The number of Topliss-reactive ketones (excluding diaryl/α,β-unsaturated/α-hetero) is 1. The summed E-state index contributed by atoms with van der Waals surface area (Å²) >= 11 is 1.18. The van der Waals surface area contributed by atoms with E-state index in [-0.39, 0.29) is 17.4 Å². The van der Waals surface area contributed by atoms with Gasteiger partial charge in [0, 0.05) is 17.7 Å². The Labute approximate surface area is 154 Å². The van der Waals surface area contributed by atoms with Gasteiger partial charge in [-0.1, -0.05) is 18.7 Å². The van der Waals surface area contributed by atoms with E-state index < -0.39 is 0 Å². The molecule has 3 rings (SSSR count). The van der Waals surface area contributed by atoms with Crippen LogP contribution in [0.2, 0.25) is 0 Å². The van der Waals surface area contributed by atoms with Crippen LogP contribution in [0.1, 0.15) is 29.5 Å². The highest BCUT2D eigenvalue weighted by Gasteiger charge is 2.15. The lowest BCUT2D eigenvalue weighted by Gasteiger charge is -2.04. The molecule has 0 aliphatic carbocycles. The molecule has 0 saturated carbocycles. The van der Waals surface area contributed by atoms with Crippen molar-refractivity contribution in [2.24, 2.45) is 0 Å². The zero-order valence-corrected chi connectivity index (χ0v) is 15.1. The van der Waals surface area contributed by atoms with E-state index in [1.807, 2.05) is 6.92 Å². The number of anilines is 1. The van der Waals surface area contributed by atoms with Gasteiger partial charge >= 0.3 is 0 Å². The van der Waals surface area contributed by atoms with E-state index in [9.17, 15) is 9.59 Å². The van der Waals surface area contributed by atoms with Crippen LogP contribution in [0.5, 0.6) is 0 Å². The molecule has 1 amide bonds. The fourth-order valence-corrected chi connectivity index (χ4v) is 2.84. The average molecular weight is 371 g/mol. The monoisotopic (exact) mass is 371 g/mol. The molecule has 0 aliphatic rings. The lowest BCUT2D eigenvalue weighted by molar-refractivity contribution is -0.115. The largest absolute Gasteiger partial charge is 0.469 e. The first kappa shape index (κ1) is 17.9. The van der Waals surface area contributed by atoms with E-state index in [1.54, 1.807) is 43.5 Å². The number of aromatic nitrogens is 2. The van der Waals surface area contributed by atoms with E-state index in [4.69, 9.17) is 8.83 Å². The van der Waals surface area contributed by atoms with Gasteiger partial charge in [0.15, 0.2) is 5.78 Å². The van der Waals surface area contributed by atoms with Gasteiger partial charge in [-0.25, -0.2) is 0 Å². The van der Waals surface area contributed by atoms with Gasteiger partial charge in [0.1, 0.15) is 5.76 Å². The van der Waals surface area contributed by atoms with Gasteiger partial charge in [0.25, 0.3) is 11.1 Å². The summed E-state index contributed by atoms with van der Waals surface area (Å²) in [6.07, 6.45) is 1.96. The predicted octanol–water partition coefficient (Wildman–Crippen LogP) is 3.96. The van der Waals surface area contributed by atoms with Gasteiger partial charge in [-0.2, -0.15) is 0 Å². The number of hydrogen-bond donors (Lipinski definition) is 1. The summed E-state index contributed by atoms with van der Waals surface area (Å²) in [4.78, 5) is 23.6. The molecule has 0 unspecified atom stereocenters. The molecule has 2 heterocycles. The number of rotatable bonds is 7. The van der Waals surface area contributed by atoms with Crippen LogP contribution < -0.4 is 5.32 Å². The first-order chi connectivity index (χ1) is 12.6. The second-order valence-electron chi connectivity index (χ2n) is 5.45. The SMILES string of the molecule is CCC(=O)Nc1ccc(C(=O)CSc2nnc(-c3ccoc3C)o2)cc1. The van der Waals surface area contributed by atoms with Gasteiger partial charge in [-0.3, -0.25) is 9.59 Å². The van der Waals surface area contributed by atoms with Crippen molar-refractivity contribution in [3.05, 3.63) is 47.9 Å². The molecule has 0 aliphatic heterocycles. The topological polar surface area (TPSA) is 98.2 Å². The maximum absolute atomic E-state index is 12.3. The van der Waals surface area contributed by atoms with Gasteiger partial charge in [-0.15, -0.1) is 10.2 Å². The molecule has 0 fully saturated rings. The molecule has 0 radical (unpaired) electrons. The fourth-order valence-electron chi connectivity index (χ4n) is 2.18. The number of hydrogen-bond acceptors (Lipinski definition) is 7. The minimum Gasteiger partial charge on any atom is -0.469 e. The fraction of sp³-hybridized carbons (Fsp3) is 0.222. The average Bonchev–Trinajstić information content (AvgIpc) is 3.28. The van der Waals surface area contributed by atoms with Crippen LogP contribution in [-0.2, 0) is 4.79 Å². The summed E-state index contributed by atoms with van der Waals surface area (Å²) in [5.41, 5.74) is 1.95. The second-order valence-corrected chi connectivity index (χ2v) is 6.38. The van der Waals surface area contributed by atoms with Crippen molar-refractivity contribution in [1.29, 1.82) is 0 Å². The normalized spacial score (nSPS) is 10.7. The highest BCUT2D eigenvalue weighted by Crippen LogP contribution is 2.26. The number of aryl methyl sites for hydroxylation is 1. The molecular weight excluding hydrogens is 354 g/mol. The third-order valence-corrected chi connectivity index (χ3v) is 4.45. The number of amides is 1. The molecular formula is C18H17N3O4S. The predicted molar refractivity (Wildman–Crippen MR) is 97.2 cm³/mol. The Morgan fingerprint density at radius 2 is 1.92 bits per heavy atom. The number of carbonyl (C=O) groups excluding carboxylic acids is 2. The van der Waals surface area contributed by atoms with Crippen LogP contribution in [0.25, 0.3) is 11.5 Å². The minimum atomic E-state index is -0.0697. The van der Waals surface area contributed by atoms with Crippen molar-refractivity contribution < 1.29 is 18.4 Å². The molecule has 0 atom stereocenters. The van der Waals surface area contributed by atoms with Gasteiger partial charge in [-0.05, 0) is 37.3 Å². The molecule has 2 aromatic heterocycles. The summed E-state index contributed by atoms with van der Waals surface area (Å²) in [5, 5.41) is 11.0. The maximum Gasteiger partial charge on any atom is 0.277 e. The van der Waals surface area contributed by atoms with E-state index in [0.29, 0.717) is 34.5 Å². The molecule has 0 bridgehead atoms. The van der Waals surface area contributed by atoms with Crippen molar-refractivity contribution in [1.82, 2.24) is 10.2 Å². The standard InChI is InChI=1S/C18H17N3O4S/c1-3-16(23)19-13-6-4-12(5-7-13)15(22)10-26-18-21-20-17(25-18)14-8-9-24-11(14)2/h4-9H,3,10H2,1-2H3,(H,19,23). The highest BCUT2D eigenvalue weighted by molar-refractivity contribution is 7.99. The van der Waals surface area contributed by atoms with Crippen molar-refractivity contribution in [2.75, 3.05) is 11.1 Å². The Kier molecular flexibility index (Phi) is 5.52. The van der Waals surface area contributed by atoms with Crippen LogP contribution in [0, 0.1) is 6.92 Å². The Morgan fingerprint density at radius 1 is 1.15 bits per heavy atom. The number of ketones is 1. The van der Waals surface area contributed by atoms with Crippen molar-refractivity contribution in [2.45, 2.75) is 25.5 Å². The van der Waals surface area contributed by atoms with E-state index in [0.717, 1.165) is 5.56 Å². The Balaban J connectivity index is 1.58. The molecule has 1 aromatic carbocycles. The third-order valence-electron chi connectivity index (χ3n) is 3.63. The molecule has 7 nitrogen and oxygen atoms in total. The van der Waals surface area contributed by atoms with Gasteiger partial charge < -0.3 is 14.2 Å². The summed E-state index contributed by atoms with van der Waals surface area (Å²) in [6, 6.07) is 8.53. The summed E-state index contributed by atoms with van der Waals surface area (Å²) in [6.45, 7) is 3.59. The first-order valence-electron chi connectivity index (χ1n) is 8.00. The molecule has 0 saturated heterocycles. The van der Waals surface area contributed by atoms with E-state index >= 15 is 0 Å². The minimum absolute atomic E-state index is 0.0670. The number of furan rings is 1. The van der Waals surface area contributed by atoms with E-state index in [1.165, 1.54) is 11.8 Å². The highest BCUT2D eigenvalue weighted by atomic mass is 32.2. The third kappa shape index (κ3) is 4.20. The number of nitrogens with one attached hydrogen (secondary N) is 1. The molecule has 3 aromatic rings. The number of carbonyl (C=O) groups is 2. The zero-order valence-electron chi connectivity index (χ0n) is 14.3. The number of benzene rings is 1. The number of thioether (sulfide) groups is 1. The van der Waals surface area contributed by atoms with Crippen LogP contribution in [0.3, 0.4) is 0 Å². The smallest absolute Gasteiger partial charge is 0.277 e. The van der Waals surface area contributed by atoms with Crippen LogP contribution >= 0.6 is 11.8 Å². The Morgan fingerprint density at radius 3 is 2.58 bits per heavy atom. The lowest BCUT2D eigenvalue weighted by Crippen LogP contribution is -2.09. The van der Waals surface area contributed by atoms with Gasteiger partial charge in [0.2, 0.25) is 5.91 Å². The van der Waals surface area contributed by atoms with Crippen LogP contribution in [0.4, 0.5) is 5.69 Å². The Bertz CT molecular complexity index is 915. The molecule has 26 heavy (non-hydrogen) atoms. The summed E-state index contributed by atoms with van der Waals surface area (Å²) in [5.74, 6) is 1.09. The zero-order chi connectivity index (χ0) is 18.5. The second kappa shape index (κ2) is 8.01. The quantitative estimate of drug-likeness (QED) is 0.496. The van der Waals surface area contributed by atoms with Crippen molar-refractivity contribution in [3.8, 4) is 11.5 Å². The molecule has 134 valence electrons. The van der Waals surface area contributed by atoms with E-state index in [2.05, 4.69) is 15.5 Å². The maximum atomic E-state index is 12.3. The first-order valence-corrected chi connectivity index (χ1v) is 8.99. The van der Waals surface area contributed by atoms with Crippen molar-refractivity contribution >= 4 is 29.1 Å². The molecule has 1 N–H and O–H groups in total. The molecule has 0 spiro atoms. The summed E-state index contributed by atoms with van der Waals surface area (Å²) < 4.78 is 10.8. The number of nitrogens with zero attached hydrogens (tertiary/aromatic N) is 2. The Hall–Kier alpha value is -2.87. The van der Waals surface area contributed by atoms with Crippen molar-refractivity contribution in [3.63, 3.8) is 0 Å². The summed E-state index contributed by atoms with van der Waals surface area (Å²) in [7, 11) is 0. The van der Waals surface area contributed by atoms with Crippen LogP contribution in [0.15, 0.2) is 50.7 Å². The lowest BCUT2D eigenvalue weighted by atomic mass is 10.1. The molecule has 8 heteroatoms. The van der Waals surface area contributed by atoms with Crippen LogP contribution in [-0.4, -0.2) is 27.6 Å².